The van der Waals surface area contributed by atoms with Crippen molar-refractivity contribution in [2.45, 2.75) is 39.7 Å². The van der Waals surface area contributed by atoms with E-state index in [1.807, 2.05) is 18.2 Å². The van der Waals surface area contributed by atoms with E-state index in [1.54, 1.807) is 19.2 Å². The van der Waals surface area contributed by atoms with Crippen LogP contribution in [0.25, 0.3) is 0 Å². The molecule has 20 heavy (non-hydrogen) atoms. The van der Waals surface area contributed by atoms with Gasteiger partial charge in [-0.05, 0) is 55.2 Å². The fraction of sp³-hybridized carbons (Fsp3) is 0.353. The minimum Gasteiger partial charge on any atom is -0.456 e. The van der Waals surface area contributed by atoms with Crippen LogP contribution in [0.2, 0.25) is 0 Å². The van der Waals surface area contributed by atoms with Crippen molar-refractivity contribution >= 4 is 0 Å². The molecule has 0 aliphatic heterocycles. The quantitative estimate of drug-likeness (QED) is 0.898. The number of aryl methyl sites for hydroxylation is 1. The van der Waals surface area contributed by atoms with Gasteiger partial charge in [-0.1, -0.05) is 19.9 Å². The molecular weight excluding hydrogens is 250 g/mol. The van der Waals surface area contributed by atoms with Crippen molar-refractivity contribution in [1.29, 1.82) is 0 Å². The van der Waals surface area contributed by atoms with Gasteiger partial charge in [0.2, 0.25) is 0 Å². The summed E-state index contributed by atoms with van der Waals surface area (Å²) < 4.78 is 5.78. The van der Waals surface area contributed by atoms with Crippen molar-refractivity contribution in [2.24, 2.45) is 0 Å². The minimum absolute atomic E-state index is 0.510. The maximum Gasteiger partial charge on any atom is 0.145 e. The van der Waals surface area contributed by atoms with Gasteiger partial charge in [0, 0.05) is 0 Å². The summed E-state index contributed by atoms with van der Waals surface area (Å²) in [6, 6.07) is 9.71. The zero-order valence-electron chi connectivity index (χ0n) is 12.4. The fourth-order valence-electron chi connectivity index (χ4n) is 2.19. The molecule has 0 fully saturated rings. The molecule has 3 nitrogen and oxygen atoms in total. The fourth-order valence-corrected chi connectivity index (χ4v) is 2.19. The molecule has 2 aromatic rings. The zero-order chi connectivity index (χ0) is 14.7. The average molecular weight is 271 g/mol. The SMILES string of the molecule is Cc1cc(Oc2ccc([C@@H](C)O)nc2)ccc1C(C)C. The smallest absolute Gasteiger partial charge is 0.145 e. The largest absolute Gasteiger partial charge is 0.456 e. The summed E-state index contributed by atoms with van der Waals surface area (Å²) in [5.74, 6) is 1.99. The van der Waals surface area contributed by atoms with Crippen LogP contribution in [-0.4, -0.2) is 10.1 Å². The summed E-state index contributed by atoms with van der Waals surface area (Å²) in [5.41, 5.74) is 3.20. The predicted octanol–water partition coefficient (Wildman–Crippen LogP) is 4.36. The lowest BCUT2D eigenvalue weighted by molar-refractivity contribution is 0.194. The lowest BCUT2D eigenvalue weighted by Crippen LogP contribution is -1.96. The van der Waals surface area contributed by atoms with Crippen LogP contribution >= 0.6 is 0 Å². The van der Waals surface area contributed by atoms with Gasteiger partial charge in [-0.15, -0.1) is 0 Å². The summed E-state index contributed by atoms with van der Waals surface area (Å²) in [7, 11) is 0. The third kappa shape index (κ3) is 3.36. The molecule has 1 atom stereocenters. The van der Waals surface area contributed by atoms with Crippen molar-refractivity contribution < 1.29 is 9.84 Å². The molecule has 1 aromatic heterocycles. The van der Waals surface area contributed by atoms with Gasteiger partial charge >= 0.3 is 0 Å². The van der Waals surface area contributed by atoms with E-state index in [4.69, 9.17) is 4.74 Å². The second-order valence-electron chi connectivity index (χ2n) is 5.37. The molecular formula is C17H21NO2. The van der Waals surface area contributed by atoms with Gasteiger partial charge in [-0.2, -0.15) is 0 Å². The Hall–Kier alpha value is -1.87. The van der Waals surface area contributed by atoms with Crippen molar-refractivity contribution in [3.05, 3.63) is 53.3 Å². The normalized spacial score (nSPS) is 12.5. The van der Waals surface area contributed by atoms with Crippen molar-refractivity contribution in [1.82, 2.24) is 4.98 Å². The Morgan fingerprint density at radius 3 is 2.25 bits per heavy atom. The van der Waals surface area contributed by atoms with Gasteiger partial charge in [-0.3, -0.25) is 4.98 Å². The zero-order valence-corrected chi connectivity index (χ0v) is 12.4. The molecule has 1 aromatic carbocycles. The van der Waals surface area contributed by atoms with Crippen LogP contribution in [0, 0.1) is 6.92 Å². The van der Waals surface area contributed by atoms with Gasteiger partial charge in [-0.25, -0.2) is 0 Å². The van der Waals surface area contributed by atoms with Gasteiger partial charge in [0.1, 0.15) is 11.5 Å². The summed E-state index contributed by atoms with van der Waals surface area (Å²) >= 11 is 0. The Morgan fingerprint density at radius 2 is 1.75 bits per heavy atom. The highest BCUT2D eigenvalue weighted by Gasteiger charge is 2.06. The molecule has 0 unspecified atom stereocenters. The Labute approximate surface area is 120 Å². The topological polar surface area (TPSA) is 42.4 Å². The minimum atomic E-state index is -0.559. The molecule has 0 amide bonds. The van der Waals surface area contributed by atoms with Crippen molar-refractivity contribution in [3.8, 4) is 11.5 Å². The highest BCUT2D eigenvalue weighted by atomic mass is 16.5. The Bertz CT molecular complexity index is 574. The molecule has 3 heteroatoms. The lowest BCUT2D eigenvalue weighted by atomic mass is 9.98. The molecule has 106 valence electrons. The molecule has 0 spiro atoms. The number of aliphatic hydroxyl groups is 1. The van der Waals surface area contributed by atoms with Crippen molar-refractivity contribution in [2.75, 3.05) is 0 Å². The molecule has 0 radical (unpaired) electrons. The van der Waals surface area contributed by atoms with E-state index < -0.39 is 6.10 Å². The molecule has 0 bridgehead atoms. The van der Waals surface area contributed by atoms with E-state index in [2.05, 4.69) is 31.8 Å². The van der Waals surface area contributed by atoms with Crippen LogP contribution in [0.3, 0.4) is 0 Å². The predicted molar refractivity (Wildman–Crippen MR) is 80.2 cm³/mol. The van der Waals surface area contributed by atoms with E-state index in [1.165, 1.54) is 11.1 Å². The van der Waals surface area contributed by atoms with Gasteiger partial charge in [0.15, 0.2) is 0 Å². The standard InChI is InChI=1S/C17H21NO2/c1-11(2)16-7-5-14(9-12(16)3)20-15-6-8-17(13(4)19)18-10-15/h5-11,13,19H,1-4H3/t13-/m1/s1. The maximum atomic E-state index is 9.42. The number of aromatic nitrogens is 1. The highest BCUT2D eigenvalue weighted by Crippen LogP contribution is 2.27. The van der Waals surface area contributed by atoms with E-state index in [-0.39, 0.29) is 0 Å². The Kier molecular flexibility index (Phi) is 4.40. The number of benzene rings is 1. The first kappa shape index (κ1) is 14.5. The van der Waals surface area contributed by atoms with E-state index in [0.29, 0.717) is 17.4 Å². The second kappa shape index (κ2) is 6.06. The summed E-state index contributed by atoms with van der Waals surface area (Å²) in [6.45, 7) is 8.15. The Morgan fingerprint density at radius 1 is 1.05 bits per heavy atom. The molecule has 0 aliphatic rings. The van der Waals surface area contributed by atoms with Crippen LogP contribution in [0.4, 0.5) is 0 Å². The number of aliphatic hydroxyl groups excluding tert-OH is 1. The van der Waals surface area contributed by atoms with Crippen molar-refractivity contribution in [3.63, 3.8) is 0 Å². The van der Waals surface area contributed by atoms with Crippen LogP contribution < -0.4 is 4.74 Å². The lowest BCUT2D eigenvalue weighted by Gasteiger charge is -2.12. The summed E-state index contributed by atoms with van der Waals surface area (Å²) in [6.07, 6.45) is 1.07. The van der Waals surface area contributed by atoms with Crippen LogP contribution in [0.15, 0.2) is 36.5 Å². The molecule has 1 N–H and O–H groups in total. The first-order valence-corrected chi connectivity index (χ1v) is 6.90. The second-order valence-corrected chi connectivity index (χ2v) is 5.37. The van der Waals surface area contributed by atoms with Crippen LogP contribution in [0.1, 0.15) is 49.6 Å². The average Bonchev–Trinajstić information content (AvgIpc) is 2.39. The number of nitrogens with zero attached hydrogens (tertiary/aromatic N) is 1. The molecule has 0 saturated heterocycles. The van der Waals surface area contributed by atoms with Gasteiger partial charge in [0.05, 0.1) is 18.0 Å². The number of rotatable bonds is 4. The van der Waals surface area contributed by atoms with E-state index >= 15 is 0 Å². The third-order valence-electron chi connectivity index (χ3n) is 3.29. The third-order valence-corrected chi connectivity index (χ3v) is 3.29. The number of ether oxygens (including phenoxy) is 1. The van der Waals surface area contributed by atoms with Gasteiger partial charge < -0.3 is 9.84 Å². The monoisotopic (exact) mass is 271 g/mol. The Balaban J connectivity index is 2.15. The number of hydrogen-bond acceptors (Lipinski definition) is 3. The first-order valence-electron chi connectivity index (χ1n) is 6.90. The van der Waals surface area contributed by atoms with E-state index in [0.717, 1.165) is 5.75 Å². The van der Waals surface area contributed by atoms with Crippen LogP contribution in [-0.2, 0) is 0 Å². The molecule has 2 rings (SSSR count). The molecule has 1 heterocycles. The highest BCUT2D eigenvalue weighted by molar-refractivity contribution is 5.38. The summed E-state index contributed by atoms with van der Waals surface area (Å²) in [4.78, 5) is 4.17. The summed E-state index contributed by atoms with van der Waals surface area (Å²) in [5, 5.41) is 9.42. The molecule has 0 saturated carbocycles. The van der Waals surface area contributed by atoms with Crippen LogP contribution in [0.5, 0.6) is 11.5 Å². The van der Waals surface area contributed by atoms with E-state index in [9.17, 15) is 5.11 Å². The van der Waals surface area contributed by atoms with Gasteiger partial charge in [0.25, 0.3) is 0 Å². The molecule has 0 aliphatic carbocycles. The number of pyridine rings is 1. The maximum absolute atomic E-state index is 9.42. The number of hydrogen-bond donors (Lipinski definition) is 1. The first-order chi connectivity index (χ1) is 9.47.